The number of nitrogens with one attached hydrogen (secondary N) is 1. The molecule has 0 saturated carbocycles. The van der Waals surface area contributed by atoms with E-state index in [1.54, 1.807) is 18.5 Å². The molecule has 1 aliphatic rings. The van der Waals surface area contributed by atoms with Crippen LogP contribution in [0.2, 0.25) is 0 Å². The predicted molar refractivity (Wildman–Crippen MR) is 89.1 cm³/mol. The van der Waals surface area contributed by atoms with E-state index in [0.29, 0.717) is 37.8 Å². The van der Waals surface area contributed by atoms with Crippen LogP contribution in [0.4, 0.5) is 16.0 Å². The van der Waals surface area contributed by atoms with Crippen LogP contribution in [0.3, 0.4) is 0 Å². The van der Waals surface area contributed by atoms with E-state index in [4.69, 9.17) is 0 Å². The molecule has 2 aromatic rings. The molecule has 1 aromatic carbocycles. The second kappa shape index (κ2) is 6.70. The van der Waals surface area contributed by atoms with E-state index in [-0.39, 0.29) is 4.90 Å². The first-order chi connectivity index (χ1) is 11.5. The fraction of sp³-hybridized carbons (Fsp3) is 0.333. The van der Waals surface area contributed by atoms with Crippen molar-refractivity contribution in [3.8, 4) is 0 Å². The number of piperazine rings is 1. The number of hydrogen-bond donors (Lipinski definition) is 1. The van der Waals surface area contributed by atoms with Crippen molar-refractivity contribution in [1.82, 2.24) is 14.7 Å². The lowest BCUT2D eigenvalue weighted by molar-refractivity contribution is 0.578. The van der Waals surface area contributed by atoms with Crippen LogP contribution in [-0.2, 0) is 10.0 Å². The zero-order chi connectivity index (χ0) is 17.2. The Labute approximate surface area is 140 Å². The summed E-state index contributed by atoms with van der Waals surface area (Å²) >= 11 is 0. The van der Waals surface area contributed by atoms with Gasteiger partial charge in [0.2, 0.25) is 16.0 Å². The molecule has 128 valence electrons. The minimum absolute atomic E-state index is 0.0810. The molecule has 9 heteroatoms. The zero-order valence-electron chi connectivity index (χ0n) is 13.2. The van der Waals surface area contributed by atoms with Gasteiger partial charge in [0.05, 0.1) is 10.6 Å². The third kappa shape index (κ3) is 3.31. The van der Waals surface area contributed by atoms with E-state index in [1.165, 1.54) is 19.2 Å². The first-order valence-electron chi connectivity index (χ1n) is 7.51. The molecule has 0 unspecified atom stereocenters. The number of nitrogens with zero attached hydrogens (tertiary/aromatic N) is 4. The normalized spacial score (nSPS) is 15.6. The molecule has 24 heavy (non-hydrogen) atoms. The maximum absolute atomic E-state index is 14.3. The molecule has 1 aliphatic heterocycles. The Hall–Kier alpha value is -2.26. The SMILES string of the molecule is CNS(=O)(=O)c1ccc(N2CCN(c3ncccn3)CC2)c(F)c1. The first kappa shape index (κ1) is 16.6. The molecule has 2 heterocycles. The van der Waals surface area contributed by atoms with Crippen molar-refractivity contribution in [1.29, 1.82) is 0 Å². The number of anilines is 2. The monoisotopic (exact) mass is 351 g/mol. The Balaban J connectivity index is 1.73. The summed E-state index contributed by atoms with van der Waals surface area (Å²) in [5, 5.41) is 0. The molecule has 1 aromatic heterocycles. The van der Waals surface area contributed by atoms with Crippen LogP contribution >= 0.6 is 0 Å². The van der Waals surface area contributed by atoms with Gasteiger partial charge in [-0.15, -0.1) is 0 Å². The van der Waals surface area contributed by atoms with Gasteiger partial charge in [-0.1, -0.05) is 0 Å². The van der Waals surface area contributed by atoms with Gasteiger partial charge in [-0.3, -0.25) is 0 Å². The van der Waals surface area contributed by atoms with Crippen molar-refractivity contribution in [2.45, 2.75) is 4.90 Å². The molecule has 1 N–H and O–H groups in total. The summed E-state index contributed by atoms with van der Waals surface area (Å²) in [6.07, 6.45) is 3.38. The summed E-state index contributed by atoms with van der Waals surface area (Å²) in [5.74, 6) is 0.115. The largest absolute Gasteiger partial charge is 0.366 e. The number of halogens is 1. The predicted octanol–water partition coefficient (Wildman–Crippen LogP) is 0.850. The van der Waals surface area contributed by atoms with Crippen LogP contribution in [0.15, 0.2) is 41.6 Å². The second-order valence-electron chi connectivity index (χ2n) is 5.34. The molecule has 0 amide bonds. The maximum atomic E-state index is 14.3. The van der Waals surface area contributed by atoms with E-state index in [0.717, 1.165) is 6.07 Å². The third-order valence-electron chi connectivity index (χ3n) is 3.95. The molecule has 7 nitrogen and oxygen atoms in total. The Bertz CT molecular complexity index is 808. The summed E-state index contributed by atoms with van der Waals surface area (Å²) in [6.45, 7) is 2.54. The van der Waals surface area contributed by atoms with Crippen molar-refractivity contribution >= 4 is 21.7 Å². The minimum Gasteiger partial charge on any atom is -0.366 e. The van der Waals surface area contributed by atoms with Gasteiger partial charge in [0.15, 0.2) is 0 Å². The van der Waals surface area contributed by atoms with Gasteiger partial charge in [-0.25, -0.2) is 27.5 Å². The summed E-state index contributed by atoms with van der Waals surface area (Å²) in [6, 6.07) is 5.73. The molecule has 0 spiro atoms. The lowest BCUT2D eigenvalue weighted by atomic mass is 10.2. The van der Waals surface area contributed by atoms with E-state index >= 15 is 0 Å². The van der Waals surface area contributed by atoms with Crippen molar-refractivity contribution in [2.24, 2.45) is 0 Å². The standard InChI is InChI=1S/C15H18FN5O2S/c1-17-24(22,23)12-3-4-14(13(16)11-12)20-7-9-21(10-8-20)15-18-5-2-6-19-15/h2-6,11,17H,7-10H2,1H3. The highest BCUT2D eigenvalue weighted by atomic mass is 32.2. The van der Waals surface area contributed by atoms with Crippen LogP contribution in [0.25, 0.3) is 0 Å². The minimum atomic E-state index is -3.65. The van der Waals surface area contributed by atoms with Crippen molar-refractivity contribution in [3.63, 3.8) is 0 Å². The Morgan fingerprint density at radius 1 is 1.08 bits per heavy atom. The van der Waals surface area contributed by atoms with Gasteiger partial charge >= 0.3 is 0 Å². The fourth-order valence-electron chi connectivity index (χ4n) is 2.63. The summed E-state index contributed by atoms with van der Waals surface area (Å²) in [5.41, 5.74) is 0.402. The van der Waals surface area contributed by atoms with E-state index in [2.05, 4.69) is 14.7 Å². The average Bonchev–Trinajstić information content (AvgIpc) is 2.62. The van der Waals surface area contributed by atoms with Crippen molar-refractivity contribution in [2.75, 3.05) is 43.0 Å². The number of hydrogen-bond acceptors (Lipinski definition) is 6. The lowest BCUT2D eigenvalue weighted by Crippen LogP contribution is -2.47. The van der Waals surface area contributed by atoms with Gasteiger partial charge < -0.3 is 9.80 Å². The first-order valence-corrected chi connectivity index (χ1v) is 8.99. The van der Waals surface area contributed by atoms with Gasteiger partial charge in [0.25, 0.3) is 0 Å². The van der Waals surface area contributed by atoms with Crippen LogP contribution < -0.4 is 14.5 Å². The smallest absolute Gasteiger partial charge is 0.240 e. The van der Waals surface area contributed by atoms with Gasteiger partial charge in [-0.05, 0) is 31.3 Å². The van der Waals surface area contributed by atoms with Crippen molar-refractivity contribution in [3.05, 3.63) is 42.5 Å². The summed E-state index contributed by atoms with van der Waals surface area (Å²) in [4.78, 5) is 12.3. The highest BCUT2D eigenvalue weighted by Crippen LogP contribution is 2.24. The van der Waals surface area contributed by atoms with Gasteiger partial charge in [0, 0.05) is 38.6 Å². The molecule has 0 atom stereocenters. The molecule has 0 aliphatic carbocycles. The summed E-state index contributed by atoms with van der Waals surface area (Å²) < 4.78 is 40.0. The van der Waals surface area contributed by atoms with E-state index < -0.39 is 15.8 Å². The van der Waals surface area contributed by atoms with E-state index in [1.807, 2.05) is 9.80 Å². The van der Waals surface area contributed by atoms with Crippen LogP contribution in [0.5, 0.6) is 0 Å². The quantitative estimate of drug-likeness (QED) is 0.880. The number of aromatic nitrogens is 2. The fourth-order valence-corrected chi connectivity index (χ4v) is 3.37. The van der Waals surface area contributed by atoms with Crippen molar-refractivity contribution < 1.29 is 12.8 Å². The highest BCUT2D eigenvalue weighted by molar-refractivity contribution is 7.89. The maximum Gasteiger partial charge on any atom is 0.240 e. The van der Waals surface area contributed by atoms with Crippen LogP contribution in [0, 0.1) is 5.82 Å². The molecule has 0 radical (unpaired) electrons. The van der Waals surface area contributed by atoms with Gasteiger partial charge in [-0.2, -0.15) is 0 Å². The Morgan fingerprint density at radius 2 is 1.71 bits per heavy atom. The number of benzene rings is 1. The summed E-state index contributed by atoms with van der Waals surface area (Å²) in [7, 11) is -2.35. The molecule has 3 rings (SSSR count). The topological polar surface area (TPSA) is 78.4 Å². The lowest BCUT2D eigenvalue weighted by Gasteiger charge is -2.36. The molecular weight excluding hydrogens is 333 g/mol. The van der Waals surface area contributed by atoms with Crippen LogP contribution in [0.1, 0.15) is 0 Å². The van der Waals surface area contributed by atoms with E-state index in [9.17, 15) is 12.8 Å². The molecule has 1 saturated heterocycles. The highest BCUT2D eigenvalue weighted by Gasteiger charge is 2.22. The van der Waals surface area contributed by atoms with Crippen LogP contribution in [-0.4, -0.2) is 51.6 Å². The average molecular weight is 351 g/mol. The Morgan fingerprint density at radius 3 is 2.29 bits per heavy atom. The number of sulfonamides is 1. The van der Waals surface area contributed by atoms with Gasteiger partial charge in [0.1, 0.15) is 5.82 Å². The Kier molecular flexibility index (Phi) is 4.63. The molecular formula is C15H18FN5O2S. The number of rotatable bonds is 4. The third-order valence-corrected chi connectivity index (χ3v) is 5.37. The molecule has 0 bridgehead atoms. The second-order valence-corrected chi connectivity index (χ2v) is 7.23. The zero-order valence-corrected chi connectivity index (χ0v) is 14.0. The molecule has 1 fully saturated rings.